The van der Waals surface area contributed by atoms with E-state index >= 15 is 0 Å². The van der Waals surface area contributed by atoms with E-state index in [0.29, 0.717) is 11.0 Å². The van der Waals surface area contributed by atoms with Crippen molar-refractivity contribution in [1.29, 1.82) is 0 Å². The number of hydrogen-bond donors (Lipinski definition) is 1. The van der Waals surface area contributed by atoms with Crippen molar-refractivity contribution < 1.29 is 8.42 Å². The van der Waals surface area contributed by atoms with Crippen molar-refractivity contribution in [1.82, 2.24) is 0 Å². The lowest BCUT2D eigenvalue weighted by Gasteiger charge is -2.09. The monoisotopic (exact) mass is 367 g/mol. The van der Waals surface area contributed by atoms with E-state index in [2.05, 4.69) is 27.6 Å². The second-order valence-corrected chi connectivity index (χ2v) is 7.07. The molecule has 0 saturated carbocycles. The molecule has 0 saturated heterocycles. The lowest BCUT2D eigenvalue weighted by atomic mass is 10.1. The fourth-order valence-electron chi connectivity index (χ4n) is 2.00. The summed E-state index contributed by atoms with van der Waals surface area (Å²) in [5.41, 5.74) is 2.83. The Morgan fingerprint density at radius 3 is 2.05 bits per heavy atom. The molecular formula is C16H18BrNO2S. The third-order valence-corrected chi connectivity index (χ3v) is 5.18. The molecule has 2 aromatic rings. The molecule has 0 amide bonds. The van der Waals surface area contributed by atoms with Gasteiger partial charge in [-0.1, -0.05) is 53.5 Å². The highest BCUT2D eigenvalue weighted by atomic mass is 79.9. The van der Waals surface area contributed by atoms with Crippen LogP contribution in [0.3, 0.4) is 0 Å². The molecule has 0 heterocycles. The highest BCUT2D eigenvalue weighted by Crippen LogP contribution is 2.18. The summed E-state index contributed by atoms with van der Waals surface area (Å²) in [7, 11) is -3.53. The quantitative estimate of drug-likeness (QED) is 0.772. The smallest absolute Gasteiger partial charge is 0.261 e. The number of hydrogen-bond acceptors (Lipinski definition) is 2. The molecular weight excluding hydrogens is 350 g/mol. The van der Waals surface area contributed by atoms with Gasteiger partial charge in [-0.3, -0.25) is 4.72 Å². The predicted octanol–water partition coefficient (Wildman–Crippen LogP) is 4.33. The van der Waals surface area contributed by atoms with Gasteiger partial charge in [-0.25, -0.2) is 8.42 Å². The molecule has 0 atom stereocenters. The fraction of sp³-hybridized carbons (Fsp3) is 0.250. The molecule has 0 aromatic heterocycles. The first-order valence-electron chi connectivity index (χ1n) is 6.82. The molecule has 0 unspecified atom stereocenters. The molecule has 112 valence electrons. The number of halogens is 1. The van der Waals surface area contributed by atoms with Gasteiger partial charge in [0, 0.05) is 11.0 Å². The van der Waals surface area contributed by atoms with Crippen molar-refractivity contribution in [3.05, 3.63) is 59.7 Å². The number of alkyl halides is 1. The topological polar surface area (TPSA) is 46.2 Å². The van der Waals surface area contributed by atoms with E-state index in [1.807, 2.05) is 12.1 Å². The predicted molar refractivity (Wildman–Crippen MR) is 90.3 cm³/mol. The van der Waals surface area contributed by atoms with Gasteiger partial charge in [0.25, 0.3) is 10.0 Å². The van der Waals surface area contributed by atoms with Crippen molar-refractivity contribution in [2.75, 3.05) is 4.72 Å². The Balaban J connectivity index is 2.16. The summed E-state index contributed by atoms with van der Waals surface area (Å²) in [5, 5.41) is 0.708. The Labute approximate surface area is 134 Å². The van der Waals surface area contributed by atoms with Crippen LogP contribution in [0.2, 0.25) is 0 Å². The van der Waals surface area contributed by atoms with E-state index in [1.165, 1.54) is 5.56 Å². The number of rotatable bonds is 6. The second-order valence-electron chi connectivity index (χ2n) is 4.83. The first kappa shape index (κ1) is 16.0. The average molecular weight is 368 g/mol. The molecule has 0 spiro atoms. The Kier molecular flexibility index (Phi) is 5.42. The highest BCUT2D eigenvalue weighted by Gasteiger charge is 2.13. The van der Waals surface area contributed by atoms with Gasteiger partial charge in [0.05, 0.1) is 4.90 Å². The van der Waals surface area contributed by atoms with E-state index in [9.17, 15) is 8.42 Å². The minimum atomic E-state index is -3.53. The number of nitrogens with one attached hydrogen (secondary N) is 1. The number of anilines is 1. The van der Waals surface area contributed by atoms with Gasteiger partial charge < -0.3 is 0 Å². The van der Waals surface area contributed by atoms with Gasteiger partial charge in [0.15, 0.2) is 0 Å². The molecule has 2 rings (SSSR count). The summed E-state index contributed by atoms with van der Waals surface area (Å²) >= 11 is 3.34. The SMILES string of the molecule is CCCc1ccc(NS(=O)(=O)c2ccc(CBr)cc2)cc1. The van der Waals surface area contributed by atoms with Gasteiger partial charge >= 0.3 is 0 Å². The Morgan fingerprint density at radius 1 is 0.952 bits per heavy atom. The minimum absolute atomic E-state index is 0.268. The minimum Gasteiger partial charge on any atom is -0.280 e. The maximum absolute atomic E-state index is 12.3. The molecule has 5 heteroatoms. The summed E-state index contributed by atoms with van der Waals surface area (Å²) < 4.78 is 27.2. The fourth-order valence-corrected chi connectivity index (χ4v) is 3.43. The molecule has 1 N–H and O–H groups in total. The maximum atomic E-state index is 12.3. The Morgan fingerprint density at radius 2 is 1.52 bits per heavy atom. The number of sulfonamides is 1. The van der Waals surface area contributed by atoms with Crippen LogP contribution in [0.5, 0.6) is 0 Å². The van der Waals surface area contributed by atoms with Crippen LogP contribution in [0, 0.1) is 0 Å². The summed E-state index contributed by atoms with van der Waals surface area (Å²) in [6.07, 6.45) is 2.08. The largest absolute Gasteiger partial charge is 0.280 e. The van der Waals surface area contributed by atoms with E-state index in [4.69, 9.17) is 0 Å². The normalized spacial score (nSPS) is 11.3. The average Bonchev–Trinajstić information content (AvgIpc) is 2.49. The zero-order valence-electron chi connectivity index (χ0n) is 11.8. The Bertz CT molecular complexity index is 679. The highest BCUT2D eigenvalue weighted by molar-refractivity contribution is 9.08. The number of benzene rings is 2. The Hall–Kier alpha value is -1.33. The van der Waals surface area contributed by atoms with Gasteiger partial charge in [-0.15, -0.1) is 0 Å². The van der Waals surface area contributed by atoms with Crippen molar-refractivity contribution in [2.24, 2.45) is 0 Å². The molecule has 2 aromatic carbocycles. The van der Waals surface area contributed by atoms with E-state index in [0.717, 1.165) is 18.4 Å². The van der Waals surface area contributed by atoms with Gasteiger partial charge in [-0.2, -0.15) is 0 Å². The summed E-state index contributed by atoms with van der Waals surface area (Å²) in [6, 6.07) is 14.3. The molecule has 0 fully saturated rings. The lowest BCUT2D eigenvalue weighted by Crippen LogP contribution is -2.12. The maximum Gasteiger partial charge on any atom is 0.261 e. The number of aryl methyl sites for hydroxylation is 1. The molecule has 0 bridgehead atoms. The summed E-state index contributed by atoms with van der Waals surface area (Å²) in [5.74, 6) is 0. The van der Waals surface area contributed by atoms with Crippen molar-refractivity contribution in [3.8, 4) is 0 Å². The third-order valence-electron chi connectivity index (χ3n) is 3.13. The van der Waals surface area contributed by atoms with Crippen LogP contribution in [0.1, 0.15) is 24.5 Å². The first-order valence-corrected chi connectivity index (χ1v) is 9.42. The summed E-state index contributed by atoms with van der Waals surface area (Å²) in [6.45, 7) is 2.12. The van der Waals surface area contributed by atoms with Crippen LogP contribution in [-0.2, 0) is 21.8 Å². The molecule has 0 radical (unpaired) electrons. The van der Waals surface area contributed by atoms with Crippen LogP contribution in [0.4, 0.5) is 5.69 Å². The van der Waals surface area contributed by atoms with E-state index in [-0.39, 0.29) is 4.90 Å². The van der Waals surface area contributed by atoms with Crippen LogP contribution in [0.15, 0.2) is 53.4 Å². The summed E-state index contributed by atoms with van der Waals surface area (Å²) in [4.78, 5) is 0.268. The molecule has 0 aliphatic rings. The zero-order valence-corrected chi connectivity index (χ0v) is 14.2. The van der Waals surface area contributed by atoms with Crippen molar-refractivity contribution in [3.63, 3.8) is 0 Å². The lowest BCUT2D eigenvalue weighted by molar-refractivity contribution is 0.601. The zero-order chi connectivity index (χ0) is 15.3. The van der Waals surface area contributed by atoms with E-state index < -0.39 is 10.0 Å². The van der Waals surface area contributed by atoms with Gasteiger partial charge in [-0.05, 0) is 41.8 Å². The van der Waals surface area contributed by atoms with E-state index in [1.54, 1.807) is 36.4 Å². The van der Waals surface area contributed by atoms with Gasteiger partial charge in [0.2, 0.25) is 0 Å². The van der Waals surface area contributed by atoms with Crippen LogP contribution < -0.4 is 4.72 Å². The van der Waals surface area contributed by atoms with Crippen molar-refractivity contribution in [2.45, 2.75) is 30.0 Å². The molecule has 0 aliphatic carbocycles. The van der Waals surface area contributed by atoms with Crippen LogP contribution in [-0.4, -0.2) is 8.42 Å². The molecule has 0 aliphatic heterocycles. The van der Waals surface area contributed by atoms with Crippen LogP contribution >= 0.6 is 15.9 Å². The molecule has 3 nitrogen and oxygen atoms in total. The first-order chi connectivity index (χ1) is 10.0. The standard InChI is InChI=1S/C16H18BrNO2S/c1-2-3-13-4-8-15(9-5-13)18-21(19,20)16-10-6-14(12-17)7-11-16/h4-11,18H,2-3,12H2,1H3. The van der Waals surface area contributed by atoms with Crippen LogP contribution in [0.25, 0.3) is 0 Å². The van der Waals surface area contributed by atoms with Gasteiger partial charge in [0.1, 0.15) is 0 Å². The second kappa shape index (κ2) is 7.09. The molecule has 21 heavy (non-hydrogen) atoms. The third kappa shape index (κ3) is 4.32. The van der Waals surface area contributed by atoms with Crippen molar-refractivity contribution >= 4 is 31.6 Å².